The van der Waals surface area contributed by atoms with Gasteiger partial charge in [-0.25, -0.2) is 0 Å². The molecule has 2 unspecified atom stereocenters. The molecule has 0 aliphatic carbocycles. The lowest BCUT2D eigenvalue weighted by Crippen LogP contribution is -2.45. The van der Waals surface area contributed by atoms with Crippen LogP contribution in [0.15, 0.2) is 0 Å². The molecule has 3 N–H and O–H groups in total. The van der Waals surface area contributed by atoms with Gasteiger partial charge in [0.1, 0.15) is 0 Å². The first-order chi connectivity index (χ1) is 39.0. The molecule has 0 aromatic rings. The van der Waals surface area contributed by atoms with E-state index in [1.54, 1.807) is 0 Å². The fourth-order valence-electron chi connectivity index (χ4n) is 12.1. The van der Waals surface area contributed by atoms with Crippen LogP contribution in [0.3, 0.4) is 0 Å². The van der Waals surface area contributed by atoms with Crippen LogP contribution in [-0.2, 0) is 14.3 Å². The second kappa shape index (κ2) is 69.4. The van der Waals surface area contributed by atoms with E-state index in [1.807, 2.05) is 0 Å². The lowest BCUT2D eigenvalue weighted by atomic mass is 10.0. The molecular weight excluding hydrogens is 971 g/mol. The number of aliphatic hydroxyl groups excluding tert-OH is 2. The average Bonchev–Trinajstić information content (AvgIpc) is 3.45. The number of carbonyl (C=O) groups is 2. The lowest BCUT2D eigenvalue weighted by Gasteiger charge is -2.22. The topological polar surface area (TPSA) is 95.9 Å². The molecule has 0 radical (unpaired) electrons. The highest BCUT2D eigenvalue weighted by atomic mass is 16.5. The Labute approximate surface area is 496 Å². The highest BCUT2D eigenvalue weighted by Gasteiger charge is 2.20. The summed E-state index contributed by atoms with van der Waals surface area (Å²) in [4.78, 5) is 24.6. The molecule has 472 valence electrons. The molecule has 6 nitrogen and oxygen atoms in total. The second-order valence-electron chi connectivity index (χ2n) is 25.6. The quantitative estimate of drug-likeness (QED) is 0.0417. The Morgan fingerprint density at radius 1 is 0.304 bits per heavy atom. The van der Waals surface area contributed by atoms with Gasteiger partial charge in [0.25, 0.3) is 0 Å². The molecular formula is C73H145NO5. The first kappa shape index (κ1) is 77.9. The second-order valence-corrected chi connectivity index (χ2v) is 25.6. The molecule has 0 bridgehead atoms. The zero-order valence-corrected chi connectivity index (χ0v) is 54.2. The van der Waals surface area contributed by atoms with E-state index in [0.29, 0.717) is 25.9 Å². The SMILES string of the molecule is CCCCCCCCCCCCCCCCCCCCCCCC(O)C(CO)NC(=O)CCCCCCCCCCCCCCCCCCCCCCCCCCCCCCOC(=O)CCCCCCCCCCCCCCC. The van der Waals surface area contributed by atoms with Gasteiger partial charge in [0, 0.05) is 12.8 Å². The maximum atomic E-state index is 12.6. The number of unbranched alkanes of at least 4 members (excludes halogenated alkanes) is 59. The van der Waals surface area contributed by atoms with E-state index in [9.17, 15) is 19.8 Å². The molecule has 79 heavy (non-hydrogen) atoms. The molecule has 0 aliphatic heterocycles. The van der Waals surface area contributed by atoms with Crippen molar-refractivity contribution in [3.8, 4) is 0 Å². The number of esters is 1. The molecule has 0 spiro atoms. The van der Waals surface area contributed by atoms with Gasteiger partial charge in [-0.1, -0.05) is 393 Å². The zero-order valence-electron chi connectivity index (χ0n) is 54.2. The van der Waals surface area contributed by atoms with Crippen LogP contribution in [0.2, 0.25) is 0 Å². The maximum absolute atomic E-state index is 12.6. The first-order valence-electron chi connectivity index (χ1n) is 36.8. The Morgan fingerprint density at radius 2 is 0.519 bits per heavy atom. The van der Waals surface area contributed by atoms with Gasteiger partial charge in [-0.05, 0) is 25.7 Å². The predicted molar refractivity (Wildman–Crippen MR) is 347 cm³/mol. The van der Waals surface area contributed by atoms with Crippen LogP contribution in [0.5, 0.6) is 0 Å². The first-order valence-corrected chi connectivity index (χ1v) is 36.8. The fourth-order valence-corrected chi connectivity index (χ4v) is 12.1. The van der Waals surface area contributed by atoms with Crippen molar-refractivity contribution in [2.24, 2.45) is 0 Å². The molecule has 0 heterocycles. The summed E-state index contributed by atoms with van der Waals surface area (Å²) in [5, 5.41) is 23.4. The highest BCUT2D eigenvalue weighted by molar-refractivity contribution is 5.76. The molecule has 0 aromatic heterocycles. The van der Waals surface area contributed by atoms with Crippen LogP contribution < -0.4 is 5.32 Å². The standard InChI is InChI=1S/C73H145NO5/c1-3-5-7-9-11-13-15-17-18-19-20-29-32-35-38-42-45-49-53-57-61-65-71(76)70(69-75)74-72(77)66-62-58-54-50-46-43-39-36-33-30-27-25-23-21-22-24-26-28-31-34-37-40-44-48-52-56-60-64-68-79-73(78)67-63-59-55-51-47-41-16-14-12-10-8-6-4-2/h70-71,75-76H,3-69H2,1-2H3,(H,74,77). The third kappa shape index (κ3) is 65.9. The Morgan fingerprint density at radius 3 is 0.772 bits per heavy atom. The van der Waals surface area contributed by atoms with Crippen molar-refractivity contribution in [2.75, 3.05) is 13.2 Å². The number of nitrogens with one attached hydrogen (secondary N) is 1. The third-order valence-electron chi connectivity index (χ3n) is 17.7. The van der Waals surface area contributed by atoms with Crippen LogP contribution in [0.4, 0.5) is 0 Å². The predicted octanol–water partition coefficient (Wildman–Crippen LogP) is 23.8. The van der Waals surface area contributed by atoms with Crippen molar-refractivity contribution in [1.82, 2.24) is 5.32 Å². The van der Waals surface area contributed by atoms with Crippen LogP contribution >= 0.6 is 0 Å². The van der Waals surface area contributed by atoms with Crippen molar-refractivity contribution >= 4 is 11.9 Å². The van der Waals surface area contributed by atoms with E-state index in [2.05, 4.69) is 19.2 Å². The highest BCUT2D eigenvalue weighted by Crippen LogP contribution is 2.20. The number of amides is 1. The summed E-state index contributed by atoms with van der Waals surface area (Å²) in [5.74, 6) is -0.00438. The van der Waals surface area contributed by atoms with Gasteiger partial charge >= 0.3 is 5.97 Å². The number of ether oxygens (including phenoxy) is 1. The largest absolute Gasteiger partial charge is 0.466 e. The summed E-state index contributed by atoms with van der Waals surface area (Å²) in [5.41, 5.74) is 0. The van der Waals surface area contributed by atoms with Crippen LogP contribution in [-0.4, -0.2) is 47.4 Å². The van der Waals surface area contributed by atoms with Gasteiger partial charge in [-0.2, -0.15) is 0 Å². The third-order valence-corrected chi connectivity index (χ3v) is 17.7. The van der Waals surface area contributed by atoms with Crippen LogP contribution in [0.25, 0.3) is 0 Å². The Kier molecular flexibility index (Phi) is 68.4. The summed E-state index contributed by atoms with van der Waals surface area (Å²) < 4.78 is 5.49. The zero-order chi connectivity index (χ0) is 57.1. The summed E-state index contributed by atoms with van der Waals surface area (Å²) in [6, 6.07) is -0.539. The van der Waals surface area contributed by atoms with Gasteiger partial charge < -0.3 is 20.3 Å². The average molecular weight is 1120 g/mol. The maximum Gasteiger partial charge on any atom is 0.305 e. The van der Waals surface area contributed by atoms with Crippen LogP contribution in [0, 0.1) is 0 Å². The Balaban J connectivity index is 3.33. The summed E-state index contributed by atoms with van der Waals surface area (Å²) in [6.45, 7) is 5.01. The summed E-state index contributed by atoms with van der Waals surface area (Å²) >= 11 is 0. The van der Waals surface area contributed by atoms with Gasteiger partial charge in [0.15, 0.2) is 0 Å². The molecule has 0 aliphatic rings. The molecule has 0 aromatic carbocycles. The number of aliphatic hydroxyl groups is 2. The number of rotatable bonds is 70. The Hall–Kier alpha value is -1.14. The van der Waals surface area contributed by atoms with E-state index in [-0.39, 0.29) is 18.5 Å². The number of hydrogen-bond acceptors (Lipinski definition) is 5. The van der Waals surface area contributed by atoms with E-state index >= 15 is 0 Å². The molecule has 6 heteroatoms. The smallest absolute Gasteiger partial charge is 0.305 e. The van der Waals surface area contributed by atoms with Gasteiger partial charge in [-0.3, -0.25) is 9.59 Å². The van der Waals surface area contributed by atoms with Crippen LogP contribution in [0.1, 0.15) is 431 Å². The van der Waals surface area contributed by atoms with Crippen molar-refractivity contribution in [3.05, 3.63) is 0 Å². The molecule has 1 amide bonds. The van der Waals surface area contributed by atoms with E-state index in [4.69, 9.17) is 4.74 Å². The van der Waals surface area contributed by atoms with Gasteiger partial charge in [0.2, 0.25) is 5.91 Å². The summed E-state index contributed by atoms with van der Waals surface area (Å²) in [6.07, 6.45) is 84.5. The van der Waals surface area contributed by atoms with Crippen molar-refractivity contribution in [1.29, 1.82) is 0 Å². The van der Waals surface area contributed by atoms with Gasteiger partial charge in [0.05, 0.1) is 25.4 Å². The lowest BCUT2D eigenvalue weighted by molar-refractivity contribution is -0.143. The van der Waals surface area contributed by atoms with E-state index in [1.165, 1.54) is 360 Å². The molecule has 2 atom stereocenters. The molecule has 0 rings (SSSR count). The number of carbonyl (C=O) groups excluding carboxylic acids is 2. The minimum Gasteiger partial charge on any atom is -0.466 e. The minimum atomic E-state index is -0.662. The Bertz CT molecular complexity index is 1150. The fraction of sp³-hybridized carbons (Fsp3) is 0.973. The van der Waals surface area contributed by atoms with Crippen molar-refractivity contribution < 1.29 is 24.5 Å². The van der Waals surface area contributed by atoms with Crippen molar-refractivity contribution in [3.63, 3.8) is 0 Å². The molecule has 0 fully saturated rings. The normalized spacial score (nSPS) is 12.4. The van der Waals surface area contributed by atoms with E-state index in [0.717, 1.165) is 38.5 Å². The van der Waals surface area contributed by atoms with Crippen molar-refractivity contribution in [2.45, 2.75) is 443 Å². The summed E-state index contributed by atoms with van der Waals surface area (Å²) in [7, 11) is 0. The van der Waals surface area contributed by atoms with Gasteiger partial charge in [-0.15, -0.1) is 0 Å². The molecule has 0 saturated heterocycles. The molecule has 0 saturated carbocycles. The number of hydrogen-bond donors (Lipinski definition) is 3. The van der Waals surface area contributed by atoms with E-state index < -0.39 is 12.1 Å². The minimum absolute atomic E-state index is 0.0217. The monoisotopic (exact) mass is 1120 g/mol.